The summed E-state index contributed by atoms with van der Waals surface area (Å²) >= 11 is 6.36. The summed E-state index contributed by atoms with van der Waals surface area (Å²) in [5.41, 5.74) is 1.29. The fraction of sp³-hybridized carbons (Fsp3) is 0.280. The molecule has 0 bridgehead atoms. The van der Waals surface area contributed by atoms with E-state index in [1.165, 1.54) is 12.3 Å². The number of morpholine rings is 1. The van der Waals surface area contributed by atoms with E-state index in [0.29, 0.717) is 41.5 Å². The molecule has 1 aromatic heterocycles. The molecule has 34 heavy (non-hydrogen) atoms. The molecular weight excluding hydrogens is 461 g/mol. The van der Waals surface area contributed by atoms with Gasteiger partial charge in [-0.3, -0.25) is 14.5 Å². The lowest BCUT2D eigenvalue weighted by Gasteiger charge is -2.38. The molecule has 2 amide bonds. The average molecular weight is 486 g/mol. The van der Waals surface area contributed by atoms with Crippen molar-refractivity contribution in [1.82, 2.24) is 10.2 Å². The van der Waals surface area contributed by atoms with Gasteiger partial charge in [-0.25, -0.2) is 4.39 Å². The Morgan fingerprint density at radius 1 is 1.15 bits per heavy atom. The highest BCUT2D eigenvalue weighted by Gasteiger charge is 2.29. The zero-order valence-corrected chi connectivity index (χ0v) is 19.3. The maximum absolute atomic E-state index is 14.8. The Kier molecular flexibility index (Phi) is 7.62. The summed E-state index contributed by atoms with van der Waals surface area (Å²) in [6.07, 6.45) is 1.41. The van der Waals surface area contributed by atoms with Crippen molar-refractivity contribution in [3.63, 3.8) is 0 Å². The topological polar surface area (TPSA) is 83.8 Å². The van der Waals surface area contributed by atoms with Gasteiger partial charge in [0.2, 0.25) is 0 Å². The Hall–Kier alpha value is -3.20. The summed E-state index contributed by atoms with van der Waals surface area (Å²) in [5, 5.41) is 5.92. The highest BCUT2D eigenvalue weighted by Crippen LogP contribution is 2.31. The van der Waals surface area contributed by atoms with Gasteiger partial charge in [-0.1, -0.05) is 17.7 Å². The molecule has 7 nitrogen and oxygen atoms in total. The summed E-state index contributed by atoms with van der Waals surface area (Å²) in [4.78, 5) is 27.0. The van der Waals surface area contributed by atoms with E-state index in [4.69, 9.17) is 20.8 Å². The molecule has 4 rings (SSSR count). The predicted molar refractivity (Wildman–Crippen MR) is 127 cm³/mol. The van der Waals surface area contributed by atoms with E-state index in [9.17, 15) is 14.0 Å². The molecule has 2 unspecified atom stereocenters. The summed E-state index contributed by atoms with van der Waals surface area (Å²) < 4.78 is 25.4. The molecule has 1 aliphatic heterocycles. The highest BCUT2D eigenvalue weighted by atomic mass is 35.5. The molecule has 1 saturated heterocycles. The molecular formula is C25H25ClFN3O4. The van der Waals surface area contributed by atoms with Crippen LogP contribution in [0.1, 0.15) is 39.4 Å². The number of furan rings is 1. The first-order chi connectivity index (χ1) is 16.4. The van der Waals surface area contributed by atoms with E-state index in [1.54, 1.807) is 48.5 Å². The lowest BCUT2D eigenvalue weighted by molar-refractivity contribution is -0.0346. The van der Waals surface area contributed by atoms with Crippen molar-refractivity contribution in [2.24, 2.45) is 0 Å². The van der Waals surface area contributed by atoms with Gasteiger partial charge in [-0.15, -0.1) is 0 Å². The smallest absolute Gasteiger partial charge is 0.291 e. The first-order valence-corrected chi connectivity index (χ1v) is 11.3. The number of ether oxygens (including phenoxy) is 1. The van der Waals surface area contributed by atoms with Crippen molar-refractivity contribution in [3.05, 3.63) is 88.6 Å². The van der Waals surface area contributed by atoms with Crippen LogP contribution in [0.25, 0.3) is 0 Å². The SMILES string of the molecule is CC1CN(C(CNC(=O)c2ccc(NC(=O)c3ccco3)cc2)c2c(F)cccc2Cl)CCO1. The fourth-order valence-corrected chi connectivity index (χ4v) is 4.26. The molecule has 2 atom stereocenters. The monoisotopic (exact) mass is 485 g/mol. The van der Waals surface area contributed by atoms with Crippen LogP contribution in [0.2, 0.25) is 5.02 Å². The normalized spacial score (nSPS) is 17.2. The molecule has 178 valence electrons. The standard InChI is InChI=1S/C25H25ClFN3O4/c1-16-15-30(11-13-33-16)21(23-19(26)4-2-5-20(23)27)14-28-24(31)17-7-9-18(10-8-17)29-25(32)22-6-3-12-34-22/h2-10,12,16,21H,11,13-15H2,1H3,(H,28,31)(H,29,32). The van der Waals surface area contributed by atoms with E-state index in [-0.39, 0.29) is 30.2 Å². The lowest BCUT2D eigenvalue weighted by atomic mass is 10.0. The van der Waals surface area contributed by atoms with Crippen molar-refractivity contribution >= 4 is 29.1 Å². The van der Waals surface area contributed by atoms with Gasteiger partial charge in [0.1, 0.15) is 5.82 Å². The Morgan fingerprint density at radius 2 is 1.94 bits per heavy atom. The van der Waals surface area contributed by atoms with Gasteiger partial charge in [0, 0.05) is 41.5 Å². The van der Waals surface area contributed by atoms with Gasteiger partial charge in [0.15, 0.2) is 5.76 Å². The van der Waals surface area contributed by atoms with Crippen molar-refractivity contribution in [1.29, 1.82) is 0 Å². The molecule has 0 aliphatic carbocycles. The molecule has 0 radical (unpaired) electrons. The number of benzene rings is 2. The maximum Gasteiger partial charge on any atom is 0.291 e. The summed E-state index contributed by atoms with van der Waals surface area (Å²) in [6.45, 7) is 3.83. The van der Waals surface area contributed by atoms with Crippen LogP contribution < -0.4 is 10.6 Å². The van der Waals surface area contributed by atoms with Crippen molar-refractivity contribution in [2.75, 3.05) is 31.6 Å². The third kappa shape index (κ3) is 5.64. The number of halogens is 2. The number of nitrogens with zero attached hydrogens (tertiary/aromatic N) is 1. The summed E-state index contributed by atoms with van der Waals surface area (Å²) in [6, 6.07) is 13.8. The summed E-state index contributed by atoms with van der Waals surface area (Å²) in [5.74, 6) is -0.922. The number of hydrogen-bond acceptors (Lipinski definition) is 5. The van der Waals surface area contributed by atoms with Crippen LogP contribution in [-0.4, -0.2) is 49.1 Å². The van der Waals surface area contributed by atoms with Crippen LogP contribution >= 0.6 is 11.6 Å². The Bertz CT molecular complexity index is 1120. The summed E-state index contributed by atoms with van der Waals surface area (Å²) in [7, 11) is 0. The van der Waals surface area contributed by atoms with Crippen LogP contribution in [0.3, 0.4) is 0 Å². The molecule has 3 aromatic rings. The third-order valence-corrected chi connectivity index (χ3v) is 5.98. The number of amides is 2. The van der Waals surface area contributed by atoms with Gasteiger partial charge >= 0.3 is 0 Å². The second-order valence-electron chi connectivity index (χ2n) is 8.05. The van der Waals surface area contributed by atoms with Crippen molar-refractivity contribution < 1.29 is 23.1 Å². The zero-order chi connectivity index (χ0) is 24.1. The predicted octanol–water partition coefficient (Wildman–Crippen LogP) is 4.52. The quantitative estimate of drug-likeness (QED) is 0.514. The molecule has 2 aromatic carbocycles. The first kappa shape index (κ1) is 23.9. The maximum atomic E-state index is 14.8. The number of hydrogen-bond donors (Lipinski definition) is 2. The van der Waals surface area contributed by atoms with Crippen LogP contribution in [0, 0.1) is 5.82 Å². The second-order valence-corrected chi connectivity index (χ2v) is 8.45. The first-order valence-electron chi connectivity index (χ1n) is 10.9. The number of rotatable bonds is 7. The number of carbonyl (C=O) groups excluding carboxylic acids is 2. The number of nitrogens with one attached hydrogen (secondary N) is 2. The van der Waals surface area contributed by atoms with Crippen LogP contribution in [0.5, 0.6) is 0 Å². The van der Waals surface area contributed by atoms with Crippen LogP contribution in [0.15, 0.2) is 65.3 Å². The van der Waals surface area contributed by atoms with Gasteiger partial charge in [-0.2, -0.15) is 0 Å². The molecule has 0 saturated carbocycles. The van der Waals surface area contributed by atoms with Crippen LogP contribution in [-0.2, 0) is 4.74 Å². The molecule has 1 fully saturated rings. The minimum atomic E-state index is -0.448. The molecule has 2 heterocycles. The van der Waals surface area contributed by atoms with Crippen molar-refractivity contribution in [2.45, 2.75) is 19.1 Å². The average Bonchev–Trinajstić information content (AvgIpc) is 3.36. The third-order valence-electron chi connectivity index (χ3n) is 5.65. The number of anilines is 1. The minimum Gasteiger partial charge on any atom is -0.459 e. The number of carbonyl (C=O) groups is 2. The molecule has 0 spiro atoms. The lowest BCUT2D eigenvalue weighted by Crippen LogP contribution is -2.47. The Balaban J connectivity index is 1.44. The van der Waals surface area contributed by atoms with Gasteiger partial charge in [0.05, 0.1) is 25.0 Å². The van der Waals surface area contributed by atoms with E-state index in [1.807, 2.05) is 6.92 Å². The largest absolute Gasteiger partial charge is 0.459 e. The van der Waals surface area contributed by atoms with E-state index in [0.717, 1.165) is 0 Å². The van der Waals surface area contributed by atoms with E-state index >= 15 is 0 Å². The molecule has 2 N–H and O–H groups in total. The Morgan fingerprint density at radius 3 is 2.62 bits per heavy atom. The van der Waals surface area contributed by atoms with Gasteiger partial charge in [-0.05, 0) is 55.5 Å². The van der Waals surface area contributed by atoms with Gasteiger partial charge < -0.3 is 19.8 Å². The van der Waals surface area contributed by atoms with Gasteiger partial charge in [0.25, 0.3) is 11.8 Å². The molecule has 1 aliphatic rings. The fourth-order valence-electron chi connectivity index (χ4n) is 3.97. The van der Waals surface area contributed by atoms with E-state index in [2.05, 4.69) is 15.5 Å². The van der Waals surface area contributed by atoms with Crippen LogP contribution in [0.4, 0.5) is 10.1 Å². The zero-order valence-electron chi connectivity index (χ0n) is 18.6. The van der Waals surface area contributed by atoms with E-state index < -0.39 is 11.9 Å². The highest BCUT2D eigenvalue weighted by molar-refractivity contribution is 6.31. The second kappa shape index (κ2) is 10.8. The Labute approximate surface area is 201 Å². The van der Waals surface area contributed by atoms with Crippen molar-refractivity contribution in [3.8, 4) is 0 Å². The molecule has 9 heteroatoms. The minimum absolute atomic E-state index is 0.0126.